The van der Waals surface area contributed by atoms with E-state index in [9.17, 15) is 9.59 Å². The number of aromatic nitrogens is 2. The van der Waals surface area contributed by atoms with Crippen molar-refractivity contribution >= 4 is 12.0 Å². The molecule has 0 saturated heterocycles. The van der Waals surface area contributed by atoms with Crippen LogP contribution in [0, 0.1) is 0 Å². The van der Waals surface area contributed by atoms with E-state index in [-0.39, 0.29) is 18.1 Å². The SMILES string of the molecule is CC(C)OCCCNC(=O)c1n[nH]c2c1CN(C(=O)OC(C)(C)C)CC2. The Labute approximate surface area is 154 Å². The quantitative estimate of drug-likeness (QED) is 0.753. The van der Waals surface area contributed by atoms with Crippen molar-refractivity contribution in [2.75, 3.05) is 19.7 Å². The molecule has 1 aromatic rings. The Hall–Kier alpha value is -2.09. The van der Waals surface area contributed by atoms with Gasteiger partial charge in [-0.25, -0.2) is 4.79 Å². The second kappa shape index (κ2) is 8.53. The van der Waals surface area contributed by atoms with Crippen molar-refractivity contribution in [3.8, 4) is 0 Å². The Balaban J connectivity index is 1.92. The smallest absolute Gasteiger partial charge is 0.410 e. The van der Waals surface area contributed by atoms with Crippen LogP contribution in [0.25, 0.3) is 0 Å². The summed E-state index contributed by atoms with van der Waals surface area (Å²) in [5.41, 5.74) is 1.46. The first-order chi connectivity index (χ1) is 12.2. The van der Waals surface area contributed by atoms with Gasteiger partial charge >= 0.3 is 6.09 Å². The highest BCUT2D eigenvalue weighted by molar-refractivity contribution is 5.94. The predicted molar refractivity (Wildman–Crippen MR) is 97.0 cm³/mol. The highest BCUT2D eigenvalue weighted by Crippen LogP contribution is 2.22. The highest BCUT2D eigenvalue weighted by Gasteiger charge is 2.30. The predicted octanol–water partition coefficient (Wildman–Crippen LogP) is 2.25. The number of ether oxygens (including phenoxy) is 2. The number of fused-ring (bicyclic) bond motifs is 1. The van der Waals surface area contributed by atoms with Crippen LogP contribution in [0.15, 0.2) is 0 Å². The Morgan fingerprint density at radius 1 is 1.35 bits per heavy atom. The molecule has 1 aromatic heterocycles. The number of carbonyl (C=O) groups is 2. The van der Waals surface area contributed by atoms with Gasteiger partial charge in [0.25, 0.3) is 5.91 Å². The molecule has 0 aromatic carbocycles. The number of rotatable bonds is 6. The molecule has 2 rings (SSSR count). The van der Waals surface area contributed by atoms with Crippen LogP contribution in [-0.4, -0.2) is 58.5 Å². The Bertz CT molecular complexity index is 634. The van der Waals surface area contributed by atoms with Gasteiger partial charge < -0.3 is 19.7 Å². The minimum Gasteiger partial charge on any atom is -0.444 e. The van der Waals surface area contributed by atoms with Crippen LogP contribution >= 0.6 is 0 Å². The van der Waals surface area contributed by atoms with E-state index in [1.54, 1.807) is 4.90 Å². The molecule has 0 saturated carbocycles. The summed E-state index contributed by atoms with van der Waals surface area (Å²) in [6.07, 6.45) is 1.17. The first-order valence-corrected chi connectivity index (χ1v) is 9.11. The van der Waals surface area contributed by atoms with Crippen LogP contribution in [0.1, 0.15) is 62.8 Å². The van der Waals surface area contributed by atoms with Crippen LogP contribution < -0.4 is 5.32 Å². The van der Waals surface area contributed by atoms with Gasteiger partial charge in [0, 0.05) is 37.4 Å². The van der Waals surface area contributed by atoms with Gasteiger partial charge in [0.2, 0.25) is 0 Å². The normalized spacial score (nSPS) is 14.3. The Morgan fingerprint density at radius 2 is 2.08 bits per heavy atom. The molecular formula is C18H30N4O4. The van der Waals surface area contributed by atoms with E-state index < -0.39 is 5.60 Å². The van der Waals surface area contributed by atoms with Crippen molar-refractivity contribution in [2.45, 2.75) is 65.7 Å². The summed E-state index contributed by atoms with van der Waals surface area (Å²) >= 11 is 0. The molecule has 0 unspecified atom stereocenters. The molecule has 2 amide bonds. The van der Waals surface area contributed by atoms with Gasteiger partial charge in [0.15, 0.2) is 5.69 Å². The van der Waals surface area contributed by atoms with Crippen molar-refractivity contribution in [1.29, 1.82) is 0 Å². The van der Waals surface area contributed by atoms with Crippen molar-refractivity contribution in [3.05, 3.63) is 17.0 Å². The number of H-pyrrole nitrogens is 1. The third-order valence-electron chi connectivity index (χ3n) is 3.86. The zero-order chi connectivity index (χ0) is 19.3. The molecule has 2 N–H and O–H groups in total. The topological polar surface area (TPSA) is 96.5 Å². The number of hydrogen-bond acceptors (Lipinski definition) is 5. The molecule has 146 valence electrons. The third-order valence-corrected chi connectivity index (χ3v) is 3.86. The summed E-state index contributed by atoms with van der Waals surface area (Å²) in [5, 5.41) is 9.92. The second-order valence-corrected chi connectivity index (χ2v) is 7.71. The molecule has 0 atom stereocenters. The Morgan fingerprint density at radius 3 is 2.73 bits per heavy atom. The first-order valence-electron chi connectivity index (χ1n) is 9.11. The molecule has 1 aliphatic rings. The molecule has 8 nitrogen and oxygen atoms in total. The second-order valence-electron chi connectivity index (χ2n) is 7.71. The minimum absolute atomic E-state index is 0.183. The third kappa shape index (κ3) is 5.72. The van der Waals surface area contributed by atoms with Crippen LogP contribution in [0.5, 0.6) is 0 Å². The van der Waals surface area contributed by atoms with E-state index in [1.165, 1.54) is 0 Å². The van der Waals surface area contributed by atoms with Gasteiger partial charge in [-0.1, -0.05) is 0 Å². The summed E-state index contributed by atoms with van der Waals surface area (Å²) in [6, 6.07) is 0. The van der Waals surface area contributed by atoms with E-state index in [0.29, 0.717) is 38.4 Å². The number of nitrogens with zero attached hydrogens (tertiary/aromatic N) is 2. The number of carbonyl (C=O) groups excluding carboxylic acids is 2. The largest absolute Gasteiger partial charge is 0.444 e. The maximum absolute atomic E-state index is 12.4. The van der Waals surface area contributed by atoms with Crippen molar-refractivity contribution in [2.24, 2.45) is 0 Å². The average Bonchev–Trinajstić information content (AvgIpc) is 2.95. The monoisotopic (exact) mass is 366 g/mol. The van der Waals surface area contributed by atoms with Crippen LogP contribution in [0.4, 0.5) is 4.79 Å². The van der Waals surface area contributed by atoms with Crippen LogP contribution in [-0.2, 0) is 22.4 Å². The van der Waals surface area contributed by atoms with Crippen LogP contribution in [0.2, 0.25) is 0 Å². The molecule has 0 aliphatic carbocycles. The average molecular weight is 366 g/mol. The first kappa shape index (κ1) is 20.2. The number of nitrogens with one attached hydrogen (secondary N) is 2. The van der Waals surface area contributed by atoms with Crippen molar-refractivity contribution < 1.29 is 19.1 Å². The number of hydrogen-bond donors (Lipinski definition) is 2. The molecule has 1 aliphatic heterocycles. The van der Waals surface area contributed by atoms with E-state index in [1.807, 2.05) is 34.6 Å². The van der Waals surface area contributed by atoms with E-state index in [4.69, 9.17) is 9.47 Å². The zero-order valence-electron chi connectivity index (χ0n) is 16.3. The lowest BCUT2D eigenvalue weighted by Crippen LogP contribution is -2.40. The number of amides is 2. The molecule has 0 radical (unpaired) electrons. The summed E-state index contributed by atoms with van der Waals surface area (Å²) in [5.74, 6) is -0.238. The maximum Gasteiger partial charge on any atom is 0.410 e. The van der Waals surface area contributed by atoms with Gasteiger partial charge in [-0.3, -0.25) is 9.89 Å². The van der Waals surface area contributed by atoms with Gasteiger partial charge in [-0.15, -0.1) is 0 Å². The molecule has 26 heavy (non-hydrogen) atoms. The summed E-state index contributed by atoms with van der Waals surface area (Å²) in [6.45, 7) is 11.4. The highest BCUT2D eigenvalue weighted by atomic mass is 16.6. The van der Waals surface area contributed by atoms with Gasteiger partial charge in [0.05, 0.1) is 12.6 Å². The van der Waals surface area contributed by atoms with Gasteiger partial charge in [0.1, 0.15) is 5.60 Å². The summed E-state index contributed by atoms with van der Waals surface area (Å²) in [4.78, 5) is 26.3. The lowest BCUT2D eigenvalue weighted by Gasteiger charge is -2.30. The van der Waals surface area contributed by atoms with E-state index in [2.05, 4.69) is 15.5 Å². The fourth-order valence-corrected chi connectivity index (χ4v) is 2.64. The lowest BCUT2D eigenvalue weighted by molar-refractivity contribution is 0.0222. The summed E-state index contributed by atoms with van der Waals surface area (Å²) < 4.78 is 10.9. The van der Waals surface area contributed by atoms with Crippen molar-refractivity contribution in [3.63, 3.8) is 0 Å². The zero-order valence-corrected chi connectivity index (χ0v) is 16.3. The molecular weight excluding hydrogens is 336 g/mol. The number of aromatic amines is 1. The molecule has 0 bridgehead atoms. The van der Waals surface area contributed by atoms with E-state index in [0.717, 1.165) is 17.7 Å². The Kier molecular flexibility index (Phi) is 6.63. The minimum atomic E-state index is -0.550. The van der Waals surface area contributed by atoms with Gasteiger partial charge in [-0.05, 0) is 41.0 Å². The van der Waals surface area contributed by atoms with E-state index >= 15 is 0 Å². The molecule has 0 fully saturated rings. The molecule has 0 spiro atoms. The van der Waals surface area contributed by atoms with Crippen molar-refractivity contribution in [1.82, 2.24) is 20.4 Å². The fraction of sp³-hybridized carbons (Fsp3) is 0.722. The molecule has 2 heterocycles. The lowest BCUT2D eigenvalue weighted by atomic mass is 10.1. The van der Waals surface area contributed by atoms with Crippen LogP contribution in [0.3, 0.4) is 0 Å². The van der Waals surface area contributed by atoms with Gasteiger partial charge in [-0.2, -0.15) is 5.10 Å². The maximum atomic E-state index is 12.4. The standard InChI is InChI=1S/C18H30N4O4/c1-12(2)25-10-6-8-19-16(23)15-13-11-22(9-7-14(13)20-21-15)17(24)26-18(3,4)5/h12H,6-11H2,1-5H3,(H,19,23)(H,20,21). The molecule has 8 heteroatoms. The summed E-state index contributed by atoms with van der Waals surface area (Å²) in [7, 11) is 0. The fourth-order valence-electron chi connectivity index (χ4n) is 2.64.